The van der Waals surface area contributed by atoms with Crippen molar-refractivity contribution in [2.45, 2.75) is 83.3 Å². The Balaban J connectivity index is 1.58. The average Bonchev–Trinajstić information content (AvgIpc) is 3.10. The molecule has 0 aromatic heterocycles. The molecule has 3 aliphatic carbocycles. The monoisotopic (exact) mass is 446 g/mol. The molecule has 0 unspecified atom stereocenters. The largest absolute Gasteiger partial charge is 0.497 e. The highest BCUT2D eigenvalue weighted by Crippen LogP contribution is 2.62. The average molecular weight is 447 g/mol. The summed E-state index contributed by atoms with van der Waals surface area (Å²) in [7, 11) is 1.15. The molecule has 3 aliphatic rings. The van der Waals surface area contributed by atoms with E-state index in [0.29, 0.717) is 28.9 Å². The summed E-state index contributed by atoms with van der Waals surface area (Å²) in [5, 5.41) is 0.337. The highest BCUT2D eigenvalue weighted by molar-refractivity contribution is 6.32. The van der Waals surface area contributed by atoms with Crippen molar-refractivity contribution >= 4 is 21.4 Å². The van der Waals surface area contributed by atoms with E-state index in [1.165, 1.54) is 44.1 Å². The van der Waals surface area contributed by atoms with Crippen LogP contribution in [0.15, 0.2) is 29.8 Å². The van der Waals surface area contributed by atoms with Crippen LogP contribution < -0.4 is 4.74 Å². The van der Waals surface area contributed by atoms with E-state index in [2.05, 4.69) is 52.0 Å². The number of benzene rings is 1. The lowest BCUT2D eigenvalue weighted by molar-refractivity contribution is 0.0112. The summed E-state index contributed by atoms with van der Waals surface area (Å²) in [4.78, 5) is 0. The number of methoxy groups -OCH3 is 1. The minimum atomic E-state index is -0.612. The standard InChI is InChI=1S/C26H39ClO2Si/c1-17(2)25(3,4)30-29-24-11-10-23-22-8-6-18-16-19(28-5)7-9-20(18)21(22)12-13-26(23,24)14-15-27/h7,9,14-17,21-24H,6,8,10-13,30H2,1-5H3/b15-14+/t21-,22-,23+,24+,26-/m1/s1. The molecule has 0 spiro atoms. The van der Waals surface area contributed by atoms with Gasteiger partial charge in [0.05, 0.1) is 13.2 Å². The van der Waals surface area contributed by atoms with Crippen LogP contribution in [0.4, 0.5) is 0 Å². The Morgan fingerprint density at radius 1 is 1.20 bits per heavy atom. The molecular weight excluding hydrogens is 408 g/mol. The van der Waals surface area contributed by atoms with E-state index in [-0.39, 0.29) is 5.41 Å². The molecule has 0 bridgehead atoms. The van der Waals surface area contributed by atoms with E-state index in [4.69, 9.17) is 20.8 Å². The second-order valence-electron chi connectivity index (χ2n) is 10.9. The lowest BCUT2D eigenvalue weighted by Gasteiger charge is -2.51. The molecule has 4 rings (SSSR count). The molecule has 30 heavy (non-hydrogen) atoms. The van der Waals surface area contributed by atoms with Gasteiger partial charge in [-0.25, -0.2) is 0 Å². The lowest BCUT2D eigenvalue weighted by atomic mass is 9.55. The molecule has 166 valence electrons. The summed E-state index contributed by atoms with van der Waals surface area (Å²) >= 11 is 6.25. The topological polar surface area (TPSA) is 18.5 Å². The van der Waals surface area contributed by atoms with Crippen LogP contribution in [0.2, 0.25) is 5.04 Å². The predicted octanol–water partition coefficient (Wildman–Crippen LogP) is 6.61. The first-order valence-corrected chi connectivity index (χ1v) is 13.6. The molecule has 0 saturated heterocycles. The van der Waals surface area contributed by atoms with Gasteiger partial charge in [0.1, 0.15) is 5.75 Å². The maximum Gasteiger partial charge on any atom is 0.167 e. The smallest absolute Gasteiger partial charge is 0.167 e. The quantitative estimate of drug-likeness (QED) is 0.458. The Bertz CT molecular complexity index is 789. The fraction of sp³-hybridized carbons (Fsp3) is 0.692. The summed E-state index contributed by atoms with van der Waals surface area (Å²) in [6, 6.07) is 6.77. The zero-order chi connectivity index (χ0) is 21.5. The third kappa shape index (κ3) is 3.80. The summed E-state index contributed by atoms with van der Waals surface area (Å²) in [6.07, 6.45) is 10.1. The van der Waals surface area contributed by atoms with Crippen LogP contribution in [0.25, 0.3) is 0 Å². The minimum Gasteiger partial charge on any atom is -0.497 e. The Kier molecular flexibility index (Phi) is 6.45. The molecule has 1 aromatic rings. The molecular formula is C26H39ClO2Si. The second-order valence-corrected chi connectivity index (χ2v) is 13.6. The first-order valence-electron chi connectivity index (χ1n) is 11.9. The fourth-order valence-corrected chi connectivity index (χ4v) is 8.19. The van der Waals surface area contributed by atoms with Gasteiger partial charge in [-0.3, -0.25) is 0 Å². The first-order chi connectivity index (χ1) is 14.3. The molecule has 0 amide bonds. The van der Waals surface area contributed by atoms with Crippen LogP contribution in [0.1, 0.15) is 76.8 Å². The number of hydrogen-bond donors (Lipinski definition) is 0. The van der Waals surface area contributed by atoms with Crippen molar-refractivity contribution in [2.24, 2.45) is 23.2 Å². The van der Waals surface area contributed by atoms with Crippen LogP contribution in [-0.4, -0.2) is 23.0 Å². The summed E-state index contributed by atoms with van der Waals surface area (Å²) in [6.45, 7) is 9.46. The predicted molar refractivity (Wildman–Crippen MR) is 129 cm³/mol. The second kappa shape index (κ2) is 8.63. The van der Waals surface area contributed by atoms with E-state index in [1.807, 2.05) is 0 Å². The number of halogens is 1. The van der Waals surface area contributed by atoms with Gasteiger partial charge in [-0.1, -0.05) is 51.4 Å². The van der Waals surface area contributed by atoms with Gasteiger partial charge >= 0.3 is 0 Å². The molecule has 0 aliphatic heterocycles. The molecule has 2 nitrogen and oxygen atoms in total. The highest BCUT2D eigenvalue weighted by atomic mass is 35.5. The van der Waals surface area contributed by atoms with Gasteiger partial charge in [0.2, 0.25) is 0 Å². The van der Waals surface area contributed by atoms with E-state index in [9.17, 15) is 0 Å². The molecule has 0 heterocycles. The molecule has 5 atom stereocenters. The van der Waals surface area contributed by atoms with Gasteiger partial charge in [-0.2, -0.15) is 0 Å². The Hall–Kier alpha value is -0.773. The summed E-state index contributed by atoms with van der Waals surface area (Å²) in [5.41, 5.74) is 5.03. The van der Waals surface area contributed by atoms with Gasteiger partial charge in [0, 0.05) is 11.0 Å². The number of fused-ring (bicyclic) bond motifs is 5. The number of rotatable bonds is 6. The number of ether oxygens (including phenoxy) is 1. The van der Waals surface area contributed by atoms with Gasteiger partial charge in [0.25, 0.3) is 0 Å². The Labute approximate surface area is 190 Å². The first kappa shape index (κ1) is 22.4. The van der Waals surface area contributed by atoms with Gasteiger partial charge in [-0.15, -0.1) is 0 Å². The van der Waals surface area contributed by atoms with E-state index < -0.39 is 9.76 Å². The van der Waals surface area contributed by atoms with E-state index >= 15 is 0 Å². The van der Waals surface area contributed by atoms with Crippen LogP contribution in [0.5, 0.6) is 5.75 Å². The molecule has 1 aromatic carbocycles. The van der Waals surface area contributed by atoms with Crippen molar-refractivity contribution in [3.63, 3.8) is 0 Å². The molecule has 2 saturated carbocycles. The normalized spacial score (nSPS) is 33.8. The summed E-state index contributed by atoms with van der Waals surface area (Å²) < 4.78 is 12.3. The van der Waals surface area contributed by atoms with Crippen molar-refractivity contribution in [3.05, 3.63) is 40.9 Å². The Morgan fingerprint density at radius 2 is 2.00 bits per heavy atom. The fourth-order valence-electron chi connectivity index (χ4n) is 6.52. The van der Waals surface area contributed by atoms with E-state index in [0.717, 1.165) is 11.7 Å². The van der Waals surface area contributed by atoms with Crippen molar-refractivity contribution in [2.75, 3.05) is 7.11 Å². The minimum absolute atomic E-state index is 0.146. The maximum absolute atomic E-state index is 6.85. The van der Waals surface area contributed by atoms with Crippen molar-refractivity contribution < 1.29 is 9.16 Å². The van der Waals surface area contributed by atoms with Crippen LogP contribution >= 0.6 is 11.6 Å². The zero-order valence-electron chi connectivity index (χ0n) is 19.4. The van der Waals surface area contributed by atoms with Crippen molar-refractivity contribution in [3.8, 4) is 5.75 Å². The summed E-state index contributed by atoms with van der Waals surface area (Å²) in [5.74, 6) is 3.80. The van der Waals surface area contributed by atoms with E-state index in [1.54, 1.807) is 18.2 Å². The molecule has 2 fully saturated rings. The van der Waals surface area contributed by atoms with Crippen molar-refractivity contribution in [1.82, 2.24) is 0 Å². The van der Waals surface area contributed by atoms with Crippen LogP contribution in [-0.2, 0) is 10.8 Å². The third-order valence-corrected chi connectivity index (χ3v) is 11.3. The lowest BCUT2D eigenvalue weighted by Crippen LogP contribution is -2.46. The maximum atomic E-state index is 6.85. The van der Waals surface area contributed by atoms with Crippen molar-refractivity contribution in [1.29, 1.82) is 0 Å². The Morgan fingerprint density at radius 3 is 2.70 bits per heavy atom. The zero-order valence-corrected chi connectivity index (χ0v) is 21.6. The van der Waals surface area contributed by atoms with Gasteiger partial charge < -0.3 is 9.16 Å². The van der Waals surface area contributed by atoms with Crippen LogP contribution in [0, 0.1) is 23.2 Å². The molecule has 0 N–H and O–H groups in total. The number of aryl methyl sites for hydroxylation is 1. The molecule has 0 radical (unpaired) electrons. The van der Waals surface area contributed by atoms with Crippen LogP contribution in [0.3, 0.4) is 0 Å². The molecule has 4 heteroatoms. The van der Waals surface area contributed by atoms with Gasteiger partial charge in [0.15, 0.2) is 9.76 Å². The highest BCUT2D eigenvalue weighted by Gasteiger charge is 2.56. The third-order valence-electron chi connectivity index (χ3n) is 9.04. The number of hydrogen-bond acceptors (Lipinski definition) is 2. The SMILES string of the molecule is COc1ccc2c(c1)CC[C@@H]1[C@@H]2CC[C@]2(/C=C/Cl)[C@@H](O[SiH2]C(C)(C)C(C)C)CC[C@@H]12. The van der Waals surface area contributed by atoms with Gasteiger partial charge in [-0.05, 0) is 90.5 Å².